The zero-order chi connectivity index (χ0) is 20.7. The summed E-state index contributed by atoms with van der Waals surface area (Å²) in [5, 5.41) is 0. The molecule has 1 aromatic carbocycles. The van der Waals surface area contributed by atoms with Crippen LogP contribution >= 0.6 is 12.4 Å². The molecule has 1 aliphatic carbocycles. The third-order valence-electron chi connectivity index (χ3n) is 6.42. The number of H-pyrrole nitrogens is 1. The molecule has 1 aromatic heterocycles. The van der Waals surface area contributed by atoms with Crippen molar-refractivity contribution >= 4 is 30.1 Å². The summed E-state index contributed by atoms with van der Waals surface area (Å²) in [5.41, 5.74) is 1.90. The number of amides is 2. The zero-order valence-electron chi connectivity index (χ0n) is 17.8. The van der Waals surface area contributed by atoms with E-state index in [2.05, 4.69) is 11.9 Å². The van der Waals surface area contributed by atoms with Crippen LogP contribution in [0.4, 0.5) is 15.0 Å². The number of aromatic nitrogens is 2. The van der Waals surface area contributed by atoms with Crippen LogP contribution in [0.25, 0.3) is 0 Å². The smallest absolute Gasteiger partial charge is 0.331 e. The summed E-state index contributed by atoms with van der Waals surface area (Å²) >= 11 is 0. The van der Waals surface area contributed by atoms with Gasteiger partial charge in [-0.3, -0.25) is 14.8 Å². The van der Waals surface area contributed by atoms with E-state index in [-0.39, 0.29) is 30.3 Å². The molecule has 166 valence electrons. The molecule has 1 saturated carbocycles. The Hall–Kier alpha value is -2.41. The van der Waals surface area contributed by atoms with Gasteiger partial charge in [0.15, 0.2) is 11.7 Å². The van der Waals surface area contributed by atoms with Gasteiger partial charge in [0, 0.05) is 12.5 Å². The second kappa shape index (κ2) is 8.99. The fourth-order valence-corrected chi connectivity index (χ4v) is 4.92. The van der Waals surface area contributed by atoms with E-state index >= 15 is 0 Å². The molecule has 1 N–H and O–H groups in total. The van der Waals surface area contributed by atoms with Crippen molar-refractivity contribution in [2.75, 3.05) is 18.0 Å². The first-order valence-electron chi connectivity index (χ1n) is 11.2. The lowest BCUT2D eigenvalue weighted by Crippen LogP contribution is -2.50. The highest BCUT2D eigenvalue weighted by atomic mass is 35.5. The van der Waals surface area contributed by atoms with Crippen molar-refractivity contribution in [3.05, 3.63) is 47.2 Å². The lowest BCUT2D eigenvalue weighted by atomic mass is 9.89. The number of fused-ring (bicyclic) bond motifs is 3. The Bertz CT molecular complexity index is 967. The quantitative estimate of drug-likeness (QED) is 0.700. The van der Waals surface area contributed by atoms with Crippen LogP contribution in [0.1, 0.15) is 68.4 Å². The Labute approximate surface area is 188 Å². The van der Waals surface area contributed by atoms with Gasteiger partial charge in [0.05, 0.1) is 12.6 Å². The lowest BCUT2D eigenvalue weighted by molar-refractivity contribution is 0.226. The van der Waals surface area contributed by atoms with Crippen molar-refractivity contribution in [2.24, 2.45) is 4.99 Å². The number of benzene rings is 1. The van der Waals surface area contributed by atoms with E-state index in [9.17, 15) is 9.18 Å². The first-order chi connectivity index (χ1) is 14.6. The number of imidazole rings is 1. The van der Waals surface area contributed by atoms with Crippen LogP contribution in [-0.2, 0) is 6.42 Å². The number of halogens is 2. The maximum atomic E-state index is 13.3. The molecular formula is C23H29ClFN5O. The van der Waals surface area contributed by atoms with Crippen molar-refractivity contribution in [3.8, 4) is 0 Å². The van der Waals surface area contributed by atoms with Crippen LogP contribution in [0.3, 0.4) is 0 Å². The Balaban J connectivity index is 0.00000231. The van der Waals surface area contributed by atoms with Crippen LogP contribution in [0.5, 0.6) is 0 Å². The number of hydrogen-bond donors (Lipinski definition) is 1. The summed E-state index contributed by atoms with van der Waals surface area (Å²) in [7, 11) is 0. The van der Waals surface area contributed by atoms with Crippen molar-refractivity contribution in [3.63, 3.8) is 0 Å². The van der Waals surface area contributed by atoms with Gasteiger partial charge in [-0.05, 0) is 43.4 Å². The van der Waals surface area contributed by atoms with Crippen molar-refractivity contribution in [1.29, 1.82) is 0 Å². The average Bonchev–Trinajstić information content (AvgIpc) is 3.38. The van der Waals surface area contributed by atoms with Crippen molar-refractivity contribution < 1.29 is 9.18 Å². The maximum Gasteiger partial charge on any atom is 0.331 e. The molecule has 8 heteroatoms. The monoisotopic (exact) mass is 445 g/mol. The molecule has 3 aliphatic rings. The summed E-state index contributed by atoms with van der Waals surface area (Å²) in [5.74, 6) is 2.65. The number of aliphatic imine (C=N–C) groups is 1. The van der Waals surface area contributed by atoms with E-state index in [1.807, 2.05) is 0 Å². The molecule has 2 amide bonds. The summed E-state index contributed by atoms with van der Waals surface area (Å²) in [6.07, 6.45) is 7.62. The molecule has 6 nitrogen and oxygen atoms in total. The Morgan fingerprint density at radius 3 is 2.61 bits per heavy atom. The van der Waals surface area contributed by atoms with E-state index in [0.717, 1.165) is 42.2 Å². The number of rotatable bonds is 5. The van der Waals surface area contributed by atoms with Gasteiger partial charge in [-0.2, -0.15) is 0 Å². The molecule has 1 unspecified atom stereocenters. The fraction of sp³-hybridized carbons (Fsp3) is 0.522. The van der Waals surface area contributed by atoms with E-state index in [1.54, 1.807) is 21.9 Å². The first-order valence-corrected chi connectivity index (χ1v) is 11.2. The van der Waals surface area contributed by atoms with Crippen LogP contribution in [0, 0.1) is 5.82 Å². The van der Waals surface area contributed by atoms with Crippen molar-refractivity contribution in [1.82, 2.24) is 14.9 Å². The van der Waals surface area contributed by atoms with Gasteiger partial charge in [0.25, 0.3) is 0 Å². The van der Waals surface area contributed by atoms with Gasteiger partial charge in [-0.15, -0.1) is 12.4 Å². The predicted molar refractivity (Wildman–Crippen MR) is 122 cm³/mol. The number of nitrogens with zero attached hydrogens (tertiary/aromatic N) is 4. The number of hydrogen-bond acceptors (Lipinski definition) is 3. The molecule has 2 aliphatic heterocycles. The summed E-state index contributed by atoms with van der Waals surface area (Å²) < 4.78 is 13.2. The Morgan fingerprint density at radius 1 is 1.16 bits per heavy atom. The minimum absolute atomic E-state index is 0. The number of carbonyl (C=O) groups is 1. The fourth-order valence-electron chi connectivity index (χ4n) is 4.92. The number of aromatic amines is 1. The molecule has 0 saturated heterocycles. The van der Waals surface area contributed by atoms with E-state index < -0.39 is 0 Å². The van der Waals surface area contributed by atoms with Gasteiger partial charge in [-0.1, -0.05) is 38.3 Å². The third kappa shape index (κ3) is 4.07. The normalized spacial score (nSPS) is 20.9. The molecule has 31 heavy (non-hydrogen) atoms. The first kappa shape index (κ1) is 21.8. The van der Waals surface area contributed by atoms with Crippen LogP contribution in [0.2, 0.25) is 0 Å². The van der Waals surface area contributed by atoms with Gasteiger partial charge in [-0.25, -0.2) is 14.2 Å². The van der Waals surface area contributed by atoms with Gasteiger partial charge in [0.2, 0.25) is 0 Å². The molecule has 1 atom stereocenters. The number of carbonyl (C=O) groups excluding carboxylic acids is 1. The minimum atomic E-state index is -0.239. The highest BCUT2D eigenvalue weighted by molar-refractivity contribution is 6.18. The zero-order valence-corrected chi connectivity index (χ0v) is 18.6. The number of anilines is 1. The second-order valence-corrected chi connectivity index (χ2v) is 8.64. The second-order valence-electron chi connectivity index (χ2n) is 8.64. The minimum Gasteiger partial charge on any atom is -0.337 e. The molecule has 1 fully saturated rings. The topological polar surface area (TPSA) is 64.6 Å². The number of nitrogens with one attached hydrogen (secondary N) is 1. The molecule has 0 radical (unpaired) electrons. The van der Waals surface area contributed by atoms with Crippen molar-refractivity contribution in [2.45, 2.75) is 63.8 Å². The molecule has 5 rings (SSSR count). The average molecular weight is 446 g/mol. The Morgan fingerprint density at radius 2 is 1.90 bits per heavy atom. The highest BCUT2D eigenvalue weighted by Crippen LogP contribution is 2.36. The van der Waals surface area contributed by atoms with E-state index in [1.165, 1.54) is 31.4 Å². The highest BCUT2D eigenvalue weighted by Gasteiger charge is 2.42. The lowest BCUT2D eigenvalue weighted by Gasteiger charge is -2.32. The molecule has 3 heterocycles. The van der Waals surface area contributed by atoms with Gasteiger partial charge in [0.1, 0.15) is 17.3 Å². The molecular weight excluding hydrogens is 417 g/mol. The Kier molecular flexibility index (Phi) is 6.32. The number of amidine groups is 1. The molecule has 0 spiro atoms. The summed E-state index contributed by atoms with van der Waals surface area (Å²) in [6.45, 7) is 3.27. The van der Waals surface area contributed by atoms with Crippen LogP contribution < -0.4 is 4.90 Å². The van der Waals surface area contributed by atoms with E-state index in [0.29, 0.717) is 31.3 Å². The largest absolute Gasteiger partial charge is 0.337 e. The number of urea groups is 1. The SMILES string of the molecule is CCCN1C(=O)N2CC(Cc3ccc(F)cc3)N=C2c2[nH]c(C3CCCCC3)nc21.Cl. The third-order valence-corrected chi connectivity index (χ3v) is 6.42. The van der Waals surface area contributed by atoms with Gasteiger partial charge >= 0.3 is 6.03 Å². The van der Waals surface area contributed by atoms with Gasteiger partial charge < -0.3 is 4.98 Å². The van der Waals surface area contributed by atoms with Crippen LogP contribution in [-0.4, -0.2) is 45.9 Å². The maximum absolute atomic E-state index is 13.3. The van der Waals surface area contributed by atoms with Crippen LogP contribution in [0.15, 0.2) is 29.3 Å². The standard InChI is InChI=1S/C23H28FN5O.ClH/c1-2-12-28-22-19(26-20(27-22)16-6-4-3-5-7-16)21-25-18(14-29(21)23(28)30)13-15-8-10-17(24)11-9-15;/h8-11,16,18H,2-7,12-14H2,1H3,(H,26,27);1H. The predicted octanol–water partition coefficient (Wildman–Crippen LogP) is 5.04. The summed E-state index contributed by atoms with van der Waals surface area (Å²) in [6, 6.07) is 6.46. The molecule has 0 bridgehead atoms. The molecule has 2 aromatic rings. The summed E-state index contributed by atoms with van der Waals surface area (Å²) in [4.78, 5) is 30.2. The van der Waals surface area contributed by atoms with E-state index in [4.69, 9.17) is 9.98 Å².